The molecule has 462 valence electrons. The van der Waals surface area contributed by atoms with Crippen molar-refractivity contribution >= 4 is 119 Å². The van der Waals surface area contributed by atoms with Gasteiger partial charge in [-0.2, -0.15) is 0 Å². The van der Waals surface area contributed by atoms with Gasteiger partial charge >= 0.3 is 569 Å². The fourth-order valence-corrected chi connectivity index (χ4v) is 19.0. The zero-order valence-corrected chi connectivity index (χ0v) is 57.1. The van der Waals surface area contributed by atoms with E-state index >= 15 is 0 Å². The van der Waals surface area contributed by atoms with E-state index in [9.17, 15) is 16.4 Å². The summed E-state index contributed by atoms with van der Waals surface area (Å²) >= 11 is -3.47. The maximum absolute atomic E-state index is 9.34. The molecule has 0 spiro atoms. The number of anilines is 18. The van der Waals surface area contributed by atoms with Gasteiger partial charge in [-0.3, -0.25) is 0 Å². The number of fused-ring (bicyclic) bond motifs is 24. The van der Waals surface area contributed by atoms with Crippen LogP contribution in [0.1, 0.15) is 122 Å². The Morgan fingerprint density at radius 2 is 0.422 bits per heavy atom. The maximum atomic E-state index is 9.34. The second-order valence-electron chi connectivity index (χ2n) is 27.9. The van der Waals surface area contributed by atoms with E-state index in [2.05, 4.69) is 210 Å². The normalized spacial score (nSPS) is 18.8. The van der Waals surface area contributed by atoms with Crippen LogP contribution in [0.4, 0.5) is 102 Å². The Bertz CT molecular complexity index is 4510. The van der Waals surface area contributed by atoms with Gasteiger partial charge in [-0.1, -0.05) is 0 Å². The van der Waals surface area contributed by atoms with Crippen LogP contribution in [0.2, 0.25) is 0 Å². The Morgan fingerprint density at radius 1 is 0.233 bits per heavy atom. The van der Waals surface area contributed by atoms with E-state index in [1.807, 2.05) is 97.1 Å². The fraction of sp³-hybridized carbons (Fsp3) is 0.256. The molecule has 0 saturated carbocycles. The summed E-state index contributed by atoms with van der Waals surface area (Å²) in [6, 6.07) is 64.7. The zero-order valence-electron chi connectivity index (χ0n) is 64.6. The van der Waals surface area contributed by atoms with Crippen molar-refractivity contribution in [2.45, 2.75) is 105 Å². The Morgan fingerprint density at radius 3 is 0.611 bits per heavy atom. The third-order valence-corrected chi connectivity index (χ3v) is 23.7. The van der Waals surface area contributed by atoms with Gasteiger partial charge in [0, 0.05) is 0 Å². The number of nitrogens with zero attached hydrogens (tertiary/aromatic N) is 10. The van der Waals surface area contributed by atoms with Gasteiger partial charge in [0.1, 0.15) is 0 Å². The summed E-state index contributed by atoms with van der Waals surface area (Å²) in [5.41, 5.74) is 14.3. The minimum absolute atomic E-state index is 0.449. The van der Waals surface area contributed by atoms with Crippen LogP contribution in [-0.4, -0.2) is 44.5 Å². The van der Waals surface area contributed by atoms with E-state index in [-0.39, 0.29) is 0 Å². The molecule has 6 aliphatic rings. The minimum atomic E-state index is -2.68. The molecule has 6 heterocycles. The van der Waals surface area contributed by atoms with Crippen molar-refractivity contribution in [3.8, 4) is 0 Å². The molecule has 6 aliphatic heterocycles. The van der Waals surface area contributed by atoms with Gasteiger partial charge in [-0.25, -0.2) is 0 Å². The molecular formula is C78H80N10Pt2. The molecule has 0 saturated heterocycles. The van der Waals surface area contributed by atoms with Crippen molar-refractivity contribution in [3.05, 3.63) is 216 Å². The Kier molecular flexibility index (Phi) is 10.6. The van der Waals surface area contributed by atoms with E-state index < -0.39 is 84.8 Å². The second kappa shape index (κ2) is 20.7. The topological polar surface area (TPSA) is 32.4 Å². The van der Waals surface area contributed by atoms with Crippen LogP contribution >= 0.6 is 0 Å². The SMILES string of the molecule is [2H]C([2H])([2H])N1[C]2=[Pt]=[C]3N(c4cc(cc(C(C)(C)C)c4)N(c4ccc(N5c6cc(cc(C(C)(C)C)c6)N6[C](=[Pt]=[C]7N(c8cc5cc(C(C)(C)C)c8)c5ccccc5N7C([2H])([2H])[2H])N(C([2H])([2H])[2H])c5ccccc56)cc4)c4cc(cc(C(C)(C)C)c4)N2c2ccccc21)c1ccccc1N3C([2H])([2H])[2H]. The van der Waals surface area contributed by atoms with Crippen molar-refractivity contribution < 1.29 is 51.7 Å². The molecule has 0 N–H and O–H groups in total. The second-order valence-corrected chi connectivity index (χ2v) is 33.1. The molecule has 12 heteroatoms. The Balaban J connectivity index is 1.03. The molecule has 10 nitrogen and oxygen atoms in total. The average Bonchev–Trinajstić information content (AvgIpc) is 1.55. The first kappa shape index (κ1) is 46.0. The molecule has 8 bridgehead atoms. The summed E-state index contributed by atoms with van der Waals surface area (Å²) in [4.78, 5) is 18.5. The first-order valence-electron chi connectivity index (χ1n) is 36.4. The summed E-state index contributed by atoms with van der Waals surface area (Å²) < 4.78 is 114. The third kappa shape index (κ3) is 9.39. The molecule has 0 atom stereocenters. The summed E-state index contributed by atoms with van der Waals surface area (Å²) in [5, 5.41) is 0. The zero-order chi connectivity index (χ0) is 72.8. The monoisotopic (exact) mass is 1560 g/mol. The standard InChI is InChI=1S/C78H80N10.2Pt/c1-75(2,3)53-37-59(83-49-79(13)67-25-17-21-29-71(67)83)45-63(41-53)87(64-42-54(76(4,5)6)38-60(46-64)84-50-80(14)68-26-18-22-30-72(68)84)57-33-35-58(36-34-57)88(65-43-55(77(7,8)9)39-61(47-65)85-51-81(15)69-27-19-23-31-73(69)85)66-44-56(78(10,11)12)40-62(48-66)86-52-82(16)70-28-20-24-32-74(70)86;;/h17-48H,1-16H3;;/i13D3,14D3,15D3,16D3;;. The Hall–Kier alpha value is -8.16. The molecule has 9 aromatic rings. The molecular weight excluding hydrogens is 1470 g/mol. The molecule has 0 amide bonds. The first-order chi connectivity index (χ1) is 47.6. The molecule has 15 rings (SSSR count). The van der Waals surface area contributed by atoms with E-state index in [1.54, 1.807) is 0 Å². The van der Waals surface area contributed by atoms with Gasteiger partial charge in [0.05, 0.1) is 0 Å². The van der Waals surface area contributed by atoms with Gasteiger partial charge in [0.15, 0.2) is 0 Å². The first-order valence-corrected chi connectivity index (χ1v) is 34.9. The fourth-order valence-electron chi connectivity index (χ4n) is 12.7. The van der Waals surface area contributed by atoms with Crippen molar-refractivity contribution in [2.24, 2.45) is 0 Å². The molecule has 0 unspecified atom stereocenters. The van der Waals surface area contributed by atoms with Gasteiger partial charge in [-0.05, 0) is 0 Å². The van der Waals surface area contributed by atoms with Crippen molar-refractivity contribution in [3.63, 3.8) is 0 Å². The van der Waals surface area contributed by atoms with Gasteiger partial charge in [0.25, 0.3) is 0 Å². The summed E-state index contributed by atoms with van der Waals surface area (Å²) in [5.74, 6) is 0. The molecule has 0 fully saturated rings. The van der Waals surface area contributed by atoms with Crippen LogP contribution in [0.3, 0.4) is 0 Å². The molecule has 0 aliphatic carbocycles. The molecule has 9 aromatic carbocycles. The summed E-state index contributed by atoms with van der Waals surface area (Å²) in [6.45, 7) is 15.3. The summed E-state index contributed by atoms with van der Waals surface area (Å²) in [6.07, 6.45) is 0. The number of benzene rings is 9. The molecule has 0 aromatic heterocycles. The van der Waals surface area contributed by atoms with Crippen LogP contribution in [0.5, 0.6) is 0 Å². The van der Waals surface area contributed by atoms with E-state index in [1.165, 1.54) is 19.6 Å². The quantitative estimate of drug-likeness (QED) is 0.167. The van der Waals surface area contributed by atoms with E-state index in [0.717, 1.165) is 56.4 Å². The van der Waals surface area contributed by atoms with E-state index in [4.69, 9.17) is 0 Å². The molecule has 90 heavy (non-hydrogen) atoms. The summed E-state index contributed by atoms with van der Waals surface area (Å²) in [7, 11) is 0. The predicted molar refractivity (Wildman–Crippen MR) is 379 cm³/mol. The van der Waals surface area contributed by atoms with Crippen LogP contribution in [-0.2, 0) is 56.9 Å². The number of rotatable bonds is 2. The number of para-hydroxylation sites is 8. The third-order valence-electron chi connectivity index (χ3n) is 17.6. The average molecular weight is 1560 g/mol. The van der Waals surface area contributed by atoms with Crippen LogP contribution in [0.25, 0.3) is 0 Å². The van der Waals surface area contributed by atoms with Crippen molar-refractivity contribution in [1.82, 2.24) is 0 Å². The Labute approximate surface area is 565 Å². The van der Waals surface area contributed by atoms with Gasteiger partial charge < -0.3 is 0 Å². The van der Waals surface area contributed by atoms with Crippen LogP contribution < -0.4 is 49.0 Å². The van der Waals surface area contributed by atoms with Crippen molar-refractivity contribution in [1.29, 1.82) is 0 Å². The van der Waals surface area contributed by atoms with Gasteiger partial charge in [0.2, 0.25) is 0 Å². The molecule has 0 radical (unpaired) electrons. The van der Waals surface area contributed by atoms with Crippen LogP contribution in [0.15, 0.2) is 194 Å². The van der Waals surface area contributed by atoms with Crippen LogP contribution in [0, 0.1) is 0 Å². The number of hydrogen-bond donors (Lipinski definition) is 0. The predicted octanol–water partition coefficient (Wildman–Crippen LogP) is 18.7. The number of hydrogen-bond acceptors (Lipinski definition) is 10. The van der Waals surface area contributed by atoms with E-state index in [0.29, 0.717) is 84.8 Å². The van der Waals surface area contributed by atoms with Gasteiger partial charge in [-0.15, -0.1) is 0 Å². The van der Waals surface area contributed by atoms with Crippen molar-refractivity contribution in [2.75, 3.05) is 76.9 Å².